The van der Waals surface area contributed by atoms with Crippen molar-refractivity contribution in [1.82, 2.24) is 4.90 Å². The Balaban J connectivity index is 2.63. The number of carbonyl (C=O) groups is 1. The zero-order valence-corrected chi connectivity index (χ0v) is 11.5. The summed E-state index contributed by atoms with van der Waals surface area (Å²) < 4.78 is 0.965. The molecule has 5 heteroatoms. The molecule has 0 fully saturated rings. The molecule has 0 aromatic heterocycles. The van der Waals surface area contributed by atoms with Crippen LogP contribution >= 0.6 is 15.9 Å². The number of carbonyl (C=O) groups excluding carboxylic acids is 1. The van der Waals surface area contributed by atoms with Gasteiger partial charge in [0.15, 0.2) is 0 Å². The van der Waals surface area contributed by atoms with Gasteiger partial charge in [-0.15, -0.1) is 0 Å². The third-order valence-corrected chi connectivity index (χ3v) is 3.32. The molecule has 0 aliphatic heterocycles. The van der Waals surface area contributed by atoms with Crippen molar-refractivity contribution in [3.05, 3.63) is 34.3 Å². The van der Waals surface area contributed by atoms with Crippen molar-refractivity contribution < 1.29 is 9.90 Å². The summed E-state index contributed by atoms with van der Waals surface area (Å²) in [5, 5.41) is 10.0. The van der Waals surface area contributed by atoms with Crippen LogP contribution in [0.2, 0.25) is 0 Å². The fourth-order valence-corrected chi connectivity index (χ4v) is 1.70. The molecule has 0 saturated carbocycles. The first-order valence-electron chi connectivity index (χ1n) is 5.35. The molecule has 0 radical (unpaired) electrons. The SMILES string of the molecule is C[C@H](C(N)=O)N(C)CC(O)c1ccc(Br)cc1. The lowest BCUT2D eigenvalue weighted by Gasteiger charge is -2.24. The predicted octanol–water partition coefficient (Wildman–Crippen LogP) is 1.29. The number of likely N-dealkylation sites (N-methyl/N-ethyl adjacent to an activating group) is 1. The summed E-state index contributed by atoms with van der Waals surface area (Å²) >= 11 is 3.33. The molecule has 0 bridgehead atoms. The number of hydrogen-bond acceptors (Lipinski definition) is 3. The number of aliphatic hydroxyl groups excluding tert-OH is 1. The lowest BCUT2D eigenvalue weighted by Crippen LogP contribution is -2.42. The number of nitrogens with two attached hydrogens (primary N) is 1. The Kier molecular flexibility index (Phi) is 5.11. The van der Waals surface area contributed by atoms with Crippen LogP contribution in [0.4, 0.5) is 0 Å². The van der Waals surface area contributed by atoms with Crippen LogP contribution in [0.5, 0.6) is 0 Å². The fraction of sp³-hybridized carbons (Fsp3) is 0.417. The van der Waals surface area contributed by atoms with Crippen LogP contribution in [-0.2, 0) is 4.79 Å². The van der Waals surface area contributed by atoms with Gasteiger partial charge in [0.05, 0.1) is 12.1 Å². The van der Waals surface area contributed by atoms with Crippen molar-refractivity contribution in [2.24, 2.45) is 5.73 Å². The summed E-state index contributed by atoms with van der Waals surface area (Å²) in [4.78, 5) is 12.7. The minimum Gasteiger partial charge on any atom is -0.387 e. The van der Waals surface area contributed by atoms with E-state index in [1.165, 1.54) is 0 Å². The van der Waals surface area contributed by atoms with E-state index in [-0.39, 0.29) is 6.04 Å². The van der Waals surface area contributed by atoms with E-state index in [1.807, 2.05) is 24.3 Å². The van der Waals surface area contributed by atoms with Crippen molar-refractivity contribution in [3.63, 3.8) is 0 Å². The van der Waals surface area contributed by atoms with Crippen LogP contribution < -0.4 is 5.73 Å². The van der Waals surface area contributed by atoms with Gasteiger partial charge in [0.2, 0.25) is 5.91 Å². The Hall–Kier alpha value is -0.910. The van der Waals surface area contributed by atoms with Gasteiger partial charge in [-0.2, -0.15) is 0 Å². The van der Waals surface area contributed by atoms with E-state index in [2.05, 4.69) is 15.9 Å². The molecule has 3 N–H and O–H groups in total. The Morgan fingerprint density at radius 2 is 2.00 bits per heavy atom. The van der Waals surface area contributed by atoms with Crippen LogP contribution in [-0.4, -0.2) is 35.5 Å². The normalized spacial score (nSPS) is 14.6. The van der Waals surface area contributed by atoms with Gasteiger partial charge < -0.3 is 10.8 Å². The second-order valence-corrected chi connectivity index (χ2v) is 5.00. The molecule has 2 atom stereocenters. The minimum atomic E-state index is -0.630. The molecule has 1 amide bonds. The van der Waals surface area contributed by atoms with Gasteiger partial charge in [-0.3, -0.25) is 9.69 Å². The molecule has 0 saturated heterocycles. The highest BCUT2D eigenvalue weighted by atomic mass is 79.9. The van der Waals surface area contributed by atoms with Gasteiger partial charge in [-0.1, -0.05) is 28.1 Å². The van der Waals surface area contributed by atoms with Gasteiger partial charge in [-0.05, 0) is 31.7 Å². The molecule has 1 unspecified atom stereocenters. The number of aliphatic hydroxyl groups is 1. The second-order valence-electron chi connectivity index (χ2n) is 4.09. The quantitative estimate of drug-likeness (QED) is 0.861. The van der Waals surface area contributed by atoms with Crippen LogP contribution in [0.15, 0.2) is 28.7 Å². The zero-order chi connectivity index (χ0) is 13.0. The van der Waals surface area contributed by atoms with Gasteiger partial charge >= 0.3 is 0 Å². The van der Waals surface area contributed by atoms with Crippen molar-refractivity contribution in [2.45, 2.75) is 19.1 Å². The Morgan fingerprint density at radius 1 is 1.47 bits per heavy atom. The highest BCUT2D eigenvalue weighted by Crippen LogP contribution is 2.18. The lowest BCUT2D eigenvalue weighted by molar-refractivity contribution is -0.122. The molecule has 94 valence electrons. The Labute approximate surface area is 110 Å². The van der Waals surface area contributed by atoms with Crippen molar-refractivity contribution >= 4 is 21.8 Å². The first-order chi connectivity index (χ1) is 7.91. The molecule has 0 aliphatic carbocycles. The average Bonchev–Trinajstić information content (AvgIpc) is 2.28. The maximum Gasteiger partial charge on any atom is 0.234 e. The molecular formula is C12H17BrN2O2. The third-order valence-electron chi connectivity index (χ3n) is 2.79. The smallest absolute Gasteiger partial charge is 0.234 e. The van der Waals surface area contributed by atoms with Gasteiger partial charge in [0, 0.05) is 11.0 Å². The number of benzene rings is 1. The zero-order valence-electron chi connectivity index (χ0n) is 9.93. The molecular weight excluding hydrogens is 284 g/mol. The first-order valence-corrected chi connectivity index (χ1v) is 6.14. The minimum absolute atomic E-state index is 0.367. The van der Waals surface area contributed by atoms with Crippen molar-refractivity contribution in [3.8, 4) is 0 Å². The molecule has 1 rings (SSSR count). The standard InChI is InChI=1S/C12H17BrN2O2/c1-8(12(14)17)15(2)7-11(16)9-3-5-10(13)6-4-9/h3-6,8,11,16H,7H2,1-2H3,(H2,14,17)/t8-,11?/m1/s1. The molecule has 0 aliphatic rings. The number of amides is 1. The molecule has 0 heterocycles. The summed E-state index contributed by atoms with van der Waals surface area (Å²) in [6, 6.07) is 7.04. The molecule has 1 aromatic carbocycles. The van der Waals surface area contributed by atoms with Gasteiger partial charge in [0.25, 0.3) is 0 Å². The predicted molar refractivity (Wildman–Crippen MR) is 70.4 cm³/mol. The fourth-order valence-electron chi connectivity index (χ4n) is 1.44. The number of halogens is 1. The second kappa shape index (κ2) is 6.14. The molecule has 17 heavy (non-hydrogen) atoms. The summed E-state index contributed by atoms with van der Waals surface area (Å²) in [5.41, 5.74) is 6.02. The number of rotatable bonds is 5. The van der Waals surface area contributed by atoms with Crippen LogP contribution in [0.3, 0.4) is 0 Å². The molecule has 4 nitrogen and oxygen atoms in total. The Bertz CT molecular complexity index is 381. The van der Waals surface area contributed by atoms with Crippen LogP contribution in [0, 0.1) is 0 Å². The largest absolute Gasteiger partial charge is 0.387 e. The van der Waals surface area contributed by atoms with Crippen LogP contribution in [0.25, 0.3) is 0 Å². The lowest BCUT2D eigenvalue weighted by atomic mass is 10.1. The van der Waals surface area contributed by atoms with Crippen LogP contribution in [0.1, 0.15) is 18.6 Å². The average molecular weight is 301 g/mol. The molecule has 0 spiro atoms. The van der Waals surface area contributed by atoms with E-state index in [0.717, 1.165) is 10.0 Å². The molecule has 1 aromatic rings. The highest BCUT2D eigenvalue weighted by molar-refractivity contribution is 9.10. The first kappa shape index (κ1) is 14.2. The van der Waals surface area contributed by atoms with Gasteiger partial charge in [-0.25, -0.2) is 0 Å². The third kappa shape index (κ3) is 4.11. The summed E-state index contributed by atoms with van der Waals surface area (Å²) in [5.74, 6) is -0.393. The maximum atomic E-state index is 11.0. The number of nitrogens with zero attached hydrogens (tertiary/aromatic N) is 1. The number of primary amides is 1. The van der Waals surface area contributed by atoms with E-state index in [9.17, 15) is 9.90 Å². The summed E-state index contributed by atoms with van der Waals surface area (Å²) in [6.07, 6.45) is -0.630. The van der Waals surface area contributed by atoms with E-state index in [0.29, 0.717) is 6.54 Å². The van der Waals surface area contributed by atoms with E-state index < -0.39 is 12.0 Å². The summed E-state index contributed by atoms with van der Waals surface area (Å²) in [7, 11) is 1.76. The summed E-state index contributed by atoms with van der Waals surface area (Å²) in [6.45, 7) is 2.09. The monoisotopic (exact) mass is 300 g/mol. The highest BCUT2D eigenvalue weighted by Gasteiger charge is 2.18. The van der Waals surface area contributed by atoms with E-state index in [4.69, 9.17) is 5.73 Å². The van der Waals surface area contributed by atoms with Crippen molar-refractivity contribution in [1.29, 1.82) is 0 Å². The van der Waals surface area contributed by atoms with E-state index in [1.54, 1.807) is 18.9 Å². The topological polar surface area (TPSA) is 66.6 Å². The van der Waals surface area contributed by atoms with E-state index >= 15 is 0 Å². The van der Waals surface area contributed by atoms with Crippen molar-refractivity contribution in [2.75, 3.05) is 13.6 Å². The maximum absolute atomic E-state index is 11.0. The Morgan fingerprint density at radius 3 is 2.47 bits per heavy atom. The van der Waals surface area contributed by atoms with Gasteiger partial charge in [0.1, 0.15) is 0 Å². The number of hydrogen-bond donors (Lipinski definition) is 2.